The van der Waals surface area contributed by atoms with E-state index >= 15 is 0 Å². The highest BCUT2D eigenvalue weighted by Crippen LogP contribution is 2.25. The maximum Gasteiger partial charge on any atom is 0.280 e. The standard InChI is InChI=1S/C12H24N2O4S/c1-12(5-8-18-9-6-12)13-19(16,17)14-7-3-2-4-11(14)10-15/h11,13,15H,2-10H2,1H3. The van der Waals surface area contributed by atoms with E-state index in [1.807, 2.05) is 6.92 Å². The van der Waals surface area contributed by atoms with Crippen LogP contribution in [0.5, 0.6) is 0 Å². The van der Waals surface area contributed by atoms with Crippen LogP contribution in [0.4, 0.5) is 0 Å². The molecule has 0 bridgehead atoms. The summed E-state index contributed by atoms with van der Waals surface area (Å²) in [6, 6.07) is -0.283. The monoisotopic (exact) mass is 292 g/mol. The van der Waals surface area contributed by atoms with Gasteiger partial charge in [-0.25, -0.2) is 0 Å². The van der Waals surface area contributed by atoms with Crippen molar-refractivity contribution < 1.29 is 18.3 Å². The first-order valence-electron chi connectivity index (χ1n) is 6.96. The zero-order chi connectivity index (χ0) is 13.9. The van der Waals surface area contributed by atoms with Crippen LogP contribution in [0.1, 0.15) is 39.0 Å². The first kappa shape index (κ1) is 15.2. The van der Waals surface area contributed by atoms with Gasteiger partial charge in [0.05, 0.1) is 6.61 Å². The van der Waals surface area contributed by atoms with Crippen molar-refractivity contribution >= 4 is 10.2 Å². The second-order valence-electron chi connectivity index (χ2n) is 5.72. The van der Waals surface area contributed by atoms with E-state index in [0.717, 1.165) is 19.3 Å². The summed E-state index contributed by atoms with van der Waals surface area (Å²) in [6.07, 6.45) is 3.94. The number of nitrogens with zero attached hydrogens (tertiary/aromatic N) is 1. The molecular weight excluding hydrogens is 268 g/mol. The molecule has 2 rings (SSSR count). The molecule has 0 aromatic heterocycles. The minimum absolute atomic E-state index is 0.110. The van der Waals surface area contributed by atoms with Gasteiger partial charge < -0.3 is 9.84 Å². The molecule has 1 unspecified atom stereocenters. The molecule has 0 aliphatic carbocycles. The van der Waals surface area contributed by atoms with Gasteiger partial charge in [-0.2, -0.15) is 17.4 Å². The molecule has 2 fully saturated rings. The second kappa shape index (κ2) is 6.05. The Hall–Kier alpha value is -0.210. The lowest BCUT2D eigenvalue weighted by Crippen LogP contribution is -2.57. The van der Waals surface area contributed by atoms with Crippen molar-refractivity contribution in [3.63, 3.8) is 0 Å². The van der Waals surface area contributed by atoms with Crippen LogP contribution in [-0.4, -0.2) is 55.8 Å². The van der Waals surface area contributed by atoms with E-state index < -0.39 is 15.7 Å². The number of hydrogen-bond donors (Lipinski definition) is 2. The average Bonchev–Trinajstić information content (AvgIpc) is 2.38. The topological polar surface area (TPSA) is 78.9 Å². The molecule has 2 aliphatic heterocycles. The van der Waals surface area contributed by atoms with E-state index in [2.05, 4.69) is 4.72 Å². The number of ether oxygens (including phenoxy) is 1. The van der Waals surface area contributed by atoms with Crippen molar-refractivity contribution in [1.82, 2.24) is 9.03 Å². The molecule has 0 aromatic rings. The zero-order valence-electron chi connectivity index (χ0n) is 11.5. The fourth-order valence-corrected chi connectivity index (χ4v) is 4.65. The van der Waals surface area contributed by atoms with Gasteiger partial charge in [-0.1, -0.05) is 6.42 Å². The molecule has 0 amide bonds. The summed E-state index contributed by atoms with van der Waals surface area (Å²) in [5.74, 6) is 0. The Balaban J connectivity index is 2.08. The summed E-state index contributed by atoms with van der Waals surface area (Å²) in [5.41, 5.74) is -0.436. The SMILES string of the molecule is CC1(NS(=O)(=O)N2CCCCC2CO)CCOCC1. The van der Waals surface area contributed by atoms with E-state index in [1.165, 1.54) is 4.31 Å². The first-order chi connectivity index (χ1) is 8.97. The van der Waals surface area contributed by atoms with Crippen LogP contribution in [0, 0.1) is 0 Å². The Kier molecular flexibility index (Phi) is 4.84. The number of nitrogens with one attached hydrogen (secondary N) is 1. The minimum Gasteiger partial charge on any atom is -0.395 e. The molecule has 0 saturated carbocycles. The third-order valence-electron chi connectivity index (χ3n) is 4.06. The highest BCUT2D eigenvalue weighted by Gasteiger charge is 2.38. The second-order valence-corrected chi connectivity index (χ2v) is 7.35. The maximum absolute atomic E-state index is 12.5. The first-order valence-corrected chi connectivity index (χ1v) is 8.40. The lowest BCUT2D eigenvalue weighted by molar-refractivity contribution is 0.0523. The van der Waals surface area contributed by atoms with Gasteiger partial charge in [-0.15, -0.1) is 0 Å². The Morgan fingerprint density at radius 3 is 2.68 bits per heavy atom. The number of piperidine rings is 1. The number of rotatable bonds is 4. The Labute approximate surface area is 115 Å². The zero-order valence-corrected chi connectivity index (χ0v) is 12.3. The molecule has 2 heterocycles. The summed E-state index contributed by atoms with van der Waals surface area (Å²) in [7, 11) is -3.53. The van der Waals surface area contributed by atoms with Gasteiger partial charge in [-0.3, -0.25) is 0 Å². The molecule has 0 aromatic carbocycles. The van der Waals surface area contributed by atoms with E-state index in [-0.39, 0.29) is 12.6 Å². The average molecular weight is 292 g/mol. The summed E-state index contributed by atoms with van der Waals surface area (Å²) in [5, 5.41) is 9.34. The fraction of sp³-hybridized carbons (Fsp3) is 1.00. The molecule has 7 heteroatoms. The maximum atomic E-state index is 12.5. The smallest absolute Gasteiger partial charge is 0.280 e. The lowest BCUT2D eigenvalue weighted by Gasteiger charge is -2.39. The van der Waals surface area contributed by atoms with Crippen molar-refractivity contribution in [2.45, 2.75) is 50.6 Å². The van der Waals surface area contributed by atoms with Gasteiger partial charge in [0.25, 0.3) is 10.2 Å². The van der Waals surface area contributed by atoms with Crippen LogP contribution in [0.25, 0.3) is 0 Å². The van der Waals surface area contributed by atoms with Crippen molar-refractivity contribution in [1.29, 1.82) is 0 Å². The minimum atomic E-state index is -3.53. The molecule has 112 valence electrons. The molecule has 19 heavy (non-hydrogen) atoms. The summed E-state index contributed by atoms with van der Waals surface area (Å²) < 4.78 is 34.5. The van der Waals surface area contributed by atoms with Crippen molar-refractivity contribution in [3.05, 3.63) is 0 Å². The van der Waals surface area contributed by atoms with E-state index in [0.29, 0.717) is 32.6 Å². The molecule has 6 nitrogen and oxygen atoms in total. The third-order valence-corrected chi connectivity index (χ3v) is 5.91. The third kappa shape index (κ3) is 3.66. The van der Waals surface area contributed by atoms with Gasteiger partial charge in [-0.05, 0) is 32.6 Å². The van der Waals surface area contributed by atoms with E-state index in [9.17, 15) is 13.5 Å². The molecule has 0 spiro atoms. The van der Waals surface area contributed by atoms with Crippen molar-refractivity contribution in [2.24, 2.45) is 0 Å². The van der Waals surface area contributed by atoms with Crippen LogP contribution < -0.4 is 4.72 Å². The number of aliphatic hydroxyl groups excluding tert-OH is 1. The quantitative estimate of drug-likeness (QED) is 0.778. The Morgan fingerprint density at radius 1 is 1.37 bits per heavy atom. The Morgan fingerprint density at radius 2 is 2.05 bits per heavy atom. The van der Waals surface area contributed by atoms with Gasteiger partial charge >= 0.3 is 0 Å². The summed E-state index contributed by atoms with van der Waals surface area (Å²) in [4.78, 5) is 0. The van der Waals surface area contributed by atoms with E-state index in [4.69, 9.17) is 4.74 Å². The fourth-order valence-electron chi connectivity index (χ4n) is 2.77. The van der Waals surface area contributed by atoms with Gasteiger partial charge in [0.1, 0.15) is 0 Å². The van der Waals surface area contributed by atoms with Crippen molar-refractivity contribution in [3.8, 4) is 0 Å². The van der Waals surface area contributed by atoms with Crippen LogP contribution in [0.3, 0.4) is 0 Å². The highest BCUT2D eigenvalue weighted by atomic mass is 32.2. The van der Waals surface area contributed by atoms with Crippen LogP contribution in [-0.2, 0) is 14.9 Å². The van der Waals surface area contributed by atoms with Crippen LogP contribution in [0.15, 0.2) is 0 Å². The lowest BCUT2D eigenvalue weighted by atomic mass is 9.94. The Bertz CT molecular complexity index is 393. The number of hydrogen-bond acceptors (Lipinski definition) is 4. The molecule has 2 aliphatic rings. The van der Waals surface area contributed by atoms with Crippen LogP contribution >= 0.6 is 0 Å². The predicted molar refractivity (Wildman–Crippen MR) is 71.9 cm³/mol. The molecule has 2 N–H and O–H groups in total. The molecule has 2 saturated heterocycles. The van der Waals surface area contributed by atoms with Crippen LogP contribution in [0.2, 0.25) is 0 Å². The van der Waals surface area contributed by atoms with Gasteiger partial charge in [0.2, 0.25) is 0 Å². The van der Waals surface area contributed by atoms with Gasteiger partial charge in [0.15, 0.2) is 0 Å². The normalized spacial score (nSPS) is 29.3. The largest absolute Gasteiger partial charge is 0.395 e. The van der Waals surface area contributed by atoms with Gasteiger partial charge in [0, 0.05) is 31.3 Å². The van der Waals surface area contributed by atoms with E-state index in [1.54, 1.807) is 0 Å². The highest BCUT2D eigenvalue weighted by molar-refractivity contribution is 7.87. The number of aliphatic hydroxyl groups is 1. The van der Waals surface area contributed by atoms with Crippen molar-refractivity contribution in [2.75, 3.05) is 26.4 Å². The molecular formula is C12H24N2O4S. The predicted octanol–water partition coefficient (Wildman–Crippen LogP) is 0.237. The summed E-state index contributed by atoms with van der Waals surface area (Å²) >= 11 is 0. The summed E-state index contributed by atoms with van der Waals surface area (Å²) in [6.45, 7) is 3.48. The molecule has 0 radical (unpaired) electrons. The molecule has 1 atom stereocenters.